The van der Waals surface area contributed by atoms with E-state index in [1.165, 1.54) is 18.4 Å². The molecule has 0 atom stereocenters. The molecular weight excluding hydrogens is 254 g/mol. The van der Waals surface area contributed by atoms with Crippen LogP contribution in [0.15, 0.2) is 29.4 Å². The molecular formula is C15H23N3O2. The van der Waals surface area contributed by atoms with Crippen molar-refractivity contribution >= 4 is 5.84 Å². The molecule has 0 amide bonds. The molecule has 0 aromatic heterocycles. The van der Waals surface area contributed by atoms with Gasteiger partial charge in [-0.2, -0.15) is 0 Å². The maximum Gasteiger partial charge on any atom is 0.170 e. The van der Waals surface area contributed by atoms with Gasteiger partial charge in [-0.05, 0) is 30.2 Å². The van der Waals surface area contributed by atoms with Crippen molar-refractivity contribution in [2.24, 2.45) is 16.3 Å². The number of amidine groups is 1. The lowest BCUT2D eigenvalue weighted by Gasteiger charge is -2.15. The van der Waals surface area contributed by atoms with Crippen molar-refractivity contribution in [2.45, 2.75) is 25.8 Å². The van der Waals surface area contributed by atoms with Crippen LogP contribution >= 0.6 is 0 Å². The maximum atomic E-state index is 8.61. The van der Waals surface area contributed by atoms with E-state index in [2.05, 4.69) is 10.5 Å². The van der Waals surface area contributed by atoms with E-state index in [9.17, 15) is 0 Å². The van der Waals surface area contributed by atoms with Crippen LogP contribution in [0.1, 0.15) is 30.4 Å². The molecule has 5 nitrogen and oxygen atoms in total. The van der Waals surface area contributed by atoms with Crippen molar-refractivity contribution in [3.8, 4) is 0 Å². The van der Waals surface area contributed by atoms with Crippen molar-refractivity contribution in [1.82, 2.24) is 5.32 Å². The van der Waals surface area contributed by atoms with Crippen LogP contribution in [0.4, 0.5) is 0 Å². The van der Waals surface area contributed by atoms with Gasteiger partial charge in [-0.15, -0.1) is 0 Å². The van der Waals surface area contributed by atoms with Gasteiger partial charge in [0.1, 0.15) is 0 Å². The minimum Gasteiger partial charge on any atom is -0.409 e. The Morgan fingerprint density at radius 1 is 1.40 bits per heavy atom. The largest absolute Gasteiger partial charge is 0.409 e. The third-order valence-corrected chi connectivity index (χ3v) is 3.98. The summed E-state index contributed by atoms with van der Waals surface area (Å²) in [5, 5.41) is 15.1. The number of nitrogens with zero attached hydrogens (tertiary/aromatic N) is 1. The summed E-state index contributed by atoms with van der Waals surface area (Å²) in [7, 11) is 1.76. The molecule has 0 saturated heterocycles. The molecule has 1 fully saturated rings. The second kappa shape index (κ2) is 6.72. The summed E-state index contributed by atoms with van der Waals surface area (Å²) >= 11 is 0. The van der Waals surface area contributed by atoms with Crippen LogP contribution in [-0.2, 0) is 11.3 Å². The van der Waals surface area contributed by atoms with Gasteiger partial charge in [-0.25, -0.2) is 0 Å². The van der Waals surface area contributed by atoms with Crippen LogP contribution in [0.5, 0.6) is 0 Å². The highest BCUT2D eigenvalue weighted by Gasteiger charge is 2.41. The van der Waals surface area contributed by atoms with Gasteiger partial charge in [-0.3, -0.25) is 0 Å². The fraction of sp³-hybridized carbons (Fsp3) is 0.533. The lowest BCUT2D eigenvalue weighted by molar-refractivity contribution is 0.171. The van der Waals surface area contributed by atoms with Gasteiger partial charge in [0.25, 0.3) is 0 Å². The molecule has 1 saturated carbocycles. The van der Waals surface area contributed by atoms with Gasteiger partial charge in [0.05, 0.1) is 0 Å². The van der Waals surface area contributed by atoms with E-state index in [1.807, 2.05) is 24.3 Å². The Kier molecular flexibility index (Phi) is 4.98. The van der Waals surface area contributed by atoms with Gasteiger partial charge in [-0.1, -0.05) is 29.4 Å². The Morgan fingerprint density at radius 3 is 2.65 bits per heavy atom. The Labute approximate surface area is 119 Å². The van der Waals surface area contributed by atoms with E-state index in [-0.39, 0.29) is 5.84 Å². The number of nitrogens with one attached hydrogen (secondary N) is 1. The highest BCUT2D eigenvalue weighted by atomic mass is 16.5. The monoisotopic (exact) mass is 277 g/mol. The lowest BCUT2D eigenvalue weighted by Crippen LogP contribution is -2.24. The van der Waals surface area contributed by atoms with Gasteiger partial charge >= 0.3 is 0 Å². The normalized spacial score (nSPS) is 17.1. The Balaban J connectivity index is 1.77. The number of nitrogens with two attached hydrogens (primary N) is 1. The van der Waals surface area contributed by atoms with Gasteiger partial charge in [0, 0.05) is 32.4 Å². The predicted octanol–water partition coefficient (Wildman–Crippen LogP) is 1.69. The second-order valence-corrected chi connectivity index (χ2v) is 5.53. The molecule has 1 aliphatic carbocycles. The fourth-order valence-corrected chi connectivity index (χ4v) is 2.33. The van der Waals surface area contributed by atoms with Crippen molar-refractivity contribution in [3.05, 3.63) is 35.4 Å². The molecule has 20 heavy (non-hydrogen) atoms. The van der Waals surface area contributed by atoms with E-state index in [4.69, 9.17) is 15.7 Å². The summed E-state index contributed by atoms with van der Waals surface area (Å²) in [6.07, 6.45) is 3.73. The Bertz CT molecular complexity index is 453. The van der Waals surface area contributed by atoms with Gasteiger partial charge in [0.15, 0.2) is 5.84 Å². The SMILES string of the molecule is COCCC1(CNCc2ccc(/C(N)=N/O)cc2)CC1. The third-order valence-electron chi connectivity index (χ3n) is 3.98. The summed E-state index contributed by atoms with van der Waals surface area (Å²) < 4.78 is 5.16. The van der Waals surface area contributed by atoms with E-state index in [0.29, 0.717) is 5.41 Å². The van der Waals surface area contributed by atoms with Crippen molar-refractivity contribution in [2.75, 3.05) is 20.3 Å². The number of rotatable bonds is 8. The second-order valence-electron chi connectivity index (χ2n) is 5.53. The molecule has 110 valence electrons. The van der Waals surface area contributed by atoms with Crippen LogP contribution in [-0.4, -0.2) is 31.3 Å². The van der Waals surface area contributed by atoms with E-state index < -0.39 is 0 Å². The molecule has 0 radical (unpaired) electrons. The topological polar surface area (TPSA) is 79.9 Å². The van der Waals surface area contributed by atoms with Crippen LogP contribution in [0.2, 0.25) is 0 Å². The van der Waals surface area contributed by atoms with Crippen LogP contribution < -0.4 is 11.1 Å². The molecule has 0 heterocycles. The third kappa shape index (κ3) is 3.95. The first-order valence-electron chi connectivity index (χ1n) is 6.96. The summed E-state index contributed by atoms with van der Waals surface area (Å²) in [6, 6.07) is 7.72. The zero-order valence-corrected chi connectivity index (χ0v) is 11.9. The van der Waals surface area contributed by atoms with Crippen LogP contribution in [0, 0.1) is 5.41 Å². The predicted molar refractivity (Wildman–Crippen MR) is 78.8 cm³/mol. The van der Waals surface area contributed by atoms with E-state index in [0.717, 1.165) is 31.7 Å². The first kappa shape index (κ1) is 14.8. The number of benzene rings is 1. The first-order valence-corrected chi connectivity index (χ1v) is 6.96. The standard InChI is InChI=1S/C15H23N3O2/c1-20-9-8-15(6-7-15)11-17-10-12-2-4-13(5-3-12)14(16)18-19/h2-5,17,19H,6-11H2,1H3,(H2,16,18). The molecule has 2 rings (SSSR count). The summed E-state index contributed by atoms with van der Waals surface area (Å²) in [5.74, 6) is 0.140. The van der Waals surface area contributed by atoms with E-state index >= 15 is 0 Å². The zero-order chi connectivity index (χ0) is 14.4. The summed E-state index contributed by atoms with van der Waals surface area (Å²) in [4.78, 5) is 0. The summed E-state index contributed by atoms with van der Waals surface area (Å²) in [5.41, 5.74) is 7.92. The minimum atomic E-state index is 0.140. The average Bonchev–Trinajstić information content (AvgIpc) is 3.25. The quantitative estimate of drug-likeness (QED) is 0.292. The number of methoxy groups -OCH3 is 1. The molecule has 1 aliphatic rings. The molecule has 4 N–H and O–H groups in total. The van der Waals surface area contributed by atoms with Crippen LogP contribution in [0.3, 0.4) is 0 Å². The smallest absolute Gasteiger partial charge is 0.170 e. The van der Waals surface area contributed by atoms with Crippen molar-refractivity contribution in [1.29, 1.82) is 0 Å². The number of ether oxygens (including phenoxy) is 1. The van der Waals surface area contributed by atoms with Crippen molar-refractivity contribution < 1.29 is 9.94 Å². The first-order chi connectivity index (χ1) is 9.69. The number of hydrogen-bond acceptors (Lipinski definition) is 4. The lowest BCUT2D eigenvalue weighted by atomic mass is 10.0. The minimum absolute atomic E-state index is 0.140. The number of oxime groups is 1. The fourth-order valence-electron chi connectivity index (χ4n) is 2.33. The molecule has 0 unspecified atom stereocenters. The molecule has 0 spiro atoms. The zero-order valence-electron chi connectivity index (χ0n) is 11.9. The molecule has 0 aliphatic heterocycles. The highest BCUT2D eigenvalue weighted by molar-refractivity contribution is 5.96. The summed E-state index contributed by atoms with van der Waals surface area (Å²) in [6.45, 7) is 2.72. The van der Waals surface area contributed by atoms with Gasteiger partial charge in [0.2, 0.25) is 0 Å². The maximum absolute atomic E-state index is 8.61. The highest BCUT2D eigenvalue weighted by Crippen LogP contribution is 2.48. The van der Waals surface area contributed by atoms with E-state index in [1.54, 1.807) is 7.11 Å². The molecule has 0 bridgehead atoms. The molecule has 5 heteroatoms. The van der Waals surface area contributed by atoms with Crippen molar-refractivity contribution in [3.63, 3.8) is 0 Å². The molecule has 1 aromatic carbocycles. The van der Waals surface area contributed by atoms with Crippen LogP contribution in [0.25, 0.3) is 0 Å². The Morgan fingerprint density at radius 2 is 2.10 bits per heavy atom. The number of hydrogen-bond donors (Lipinski definition) is 3. The average molecular weight is 277 g/mol. The van der Waals surface area contributed by atoms with Gasteiger partial charge < -0.3 is 21.0 Å². The Hall–Kier alpha value is -1.59. The molecule has 1 aromatic rings.